The molecule has 0 N–H and O–H groups in total. The van der Waals surface area contributed by atoms with E-state index in [1.54, 1.807) is 12.1 Å². The number of carbonyl (C=O) groups excluding carboxylic acids is 1. The first-order valence-corrected chi connectivity index (χ1v) is 9.73. The Bertz CT molecular complexity index is 1100. The van der Waals surface area contributed by atoms with Gasteiger partial charge in [-0.15, -0.1) is 0 Å². The first-order chi connectivity index (χ1) is 14.1. The van der Waals surface area contributed by atoms with Gasteiger partial charge in [0.25, 0.3) is 5.78 Å². The van der Waals surface area contributed by atoms with Crippen LogP contribution in [0.3, 0.4) is 0 Å². The van der Waals surface area contributed by atoms with Crippen LogP contribution in [-0.2, 0) is 11.3 Å². The van der Waals surface area contributed by atoms with Crippen molar-refractivity contribution in [2.24, 2.45) is 0 Å². The third-order valence-electron chi connectivity index (χ3n) is 5.00. The Hall–Kier alpha value is -2.89. The quantitative estimate of drug-likeness (QED) is 0.279. The van der Waals surface area contributed by atoms with E-state index in [0.717, 1.165) is 61.2 Å². The van der Waals surface area contributed by atoms with Gasteiger partial charge in [-0.25, -0.2) is 4.98 Å². The fraction of sp³-hybridized carbons (Fsp3) is 0.227. The number of benzene rings is 2. The van der Waals surface area contributed by atoms with E-state index in [0.29, 0.717) is 10.6 Å². The van der Waals surface area contributed by atoms with Crippen LogP contribution in [0.4, 0.5) is 0 Å². The van der Waals surface area contributed by atoms with E-state index in [-0.39, 0.29) is 5.78 Å². The Morgan fingerprint density at radius 2 is 1.93 bits per heavy atom. The van der Waals surface area contributed by atoms with Gasteiger partial charge in [0, 0.05) is 41.2 Å². The van der Waals surface area contributed by atoms with E-state index in [4.69, 9.17) is 26.9 Å². The summed E-state index contributed by atoms with van der Waals surface area (Å²) in [6, 6.07) is 15.0. The van der Waals surface area contributed by atoms with E-state index in [1.807, 2.05) is 30.3 Å². The van der Waals surface area contributed by atoms with Crippen LogP contribution in [0.5, 0.6) is 0 Å². The second-order valence-corrected chi connectivity index (χ2v) is 7.34. The van der Waals surface area contributed by atoms with Crippen molar-refractivity contribution in [3.63, 3.8) is 0 Å². The van der Waals surface area contributed by atoms with Gasteiger partial charge < -0.3 is 10.3 Å². The Labute approximate surface area is 173 Å². The average Bonchev–Trinajstić information content (AvgIpc) is 2.74. The molecule has 6 nitrogen and oxygen atoms in total. The van der Waals surface area contributed by atoms with E-state index < -0.39 is 0 Å². The normalized spacial score (nSPS) is 14.5. The van der Waals surface area contributed by atoms with Crippen LogP contribution in [0.25, 0.3) is 27.7 Å². The Morgan fingerprint density at radius 1 is 1.17 bits per heavy atom. The number of hydrogen-bond donors (Lipinski definition) is 0. The molecule has 0 bridgehead atoms. The molecule has 1 aliphatic heterocycles. The minimum Gasteiger partial charge on any atom is -0.379 e. The van der Waals surface area contributed by atoms with E-state index >= 15 is 0 Å². The standard InChI is InChI=1S/C22H19ClN4O2/c23-18-5-6-19-17(14-27-7-9-29-10-8-27)11-20(26-21(19)12-18)15-1-3-16(4-2-15)22(28)13-25-24/h1-6,11-13H,7-10,14H2. The lowest BCUT2D eigenvalue weighted by Crippen LogP contribution is -2.35. The van der Waals surface area contributed by atoms with Gasteiger partial charge in [-0.1, -0.05) is 41.9 Å². The number of ether oxygens (including phenoxy) is 1. The van der Waals surface area contributed by atoms with E-state index in [1.165, 1.54) is 5.56 Å². The van der Waals surface area contributed by atoms with Crippen molar-refractivity contribution in [2.75, 3.05) is 26.3 Å². The van der Waals surface area contributed by atoms with Crippen LogP contribution in [0.1, 0.15) is 15.9 Å². The fourth-order valence-electron chi connectivity index (χ4n) is 3.48. The highest BCUT2D eigenvalue weighted by Crippen LogP contribution is 2.28. The molecule has 0 unspecified atom stereocenters. The molecular formula is C22H19ClN4O2. The number of fused-ring (bicyclic) bond motifs is 1. The molecule has 146 valence electrons. The highest BCUT2D eigenvalue weighted by molar-refractivity contribution is 6.33. The largest absolute Gasteiger partial charge is 0.379 e. The molecule has 1 aliphatic rings. The van der Waals surface area contributed by atoms with Crippen molar-refractivity contribution >= 4 is 34.5 Å². The zero-order valence-corrected chi connectivity index (χ0v) is 16.5. The molecule has 1 aromatic heterocycles. The molecule has 29 heavy (non-hydrogen) atoms. The van der Waals surface area contributed by atoms with Gasteiger partial charge in [0.1, 0.15) is 0 Å². The summed E-state index contributed by atoms with van der Waals surface area (Å²) in [6.45, 7) is 4.09. The zero-order valence-electron chi connectivity index (χ0n) is 15.7. The van der Waals surface area contributed by atoms with Crippen LogP contribution in [-0.4, -0.2) is 53.0 Å². The molecule has 0 aliphatic carbocycles. The molecule has 7 heteroatoms. The average molecular weight is 407 g/mol. The van der Waals surface area contributed by atoms with Gasteiger partial charge in [-0.05, 0) is 23.8 Å². The highest BCUT2D eigenvalue weighted by Gasteiger charge is 2.15. The predicted octanol–water partition coefficient (Wildman–Crippen LogP) is 3.87. The summed E-state index contributed by atoms with van der Waals surface area (Å²) < 4.78 is 5.46. The summed E-state index contributed by atoms with van der Waals surface area (Å²) in [5.41, 5.74) is 12.7. The number of Topliss-reactive ketones (excluding diaryl/α,β-unsaturated/α-hetero) is 1. The Balaban J connectivity index is 1.73. The summed E-state index contributed by atoms with van der Waals surface area (Å²) >= 11 is 6.21. The van der Waals surface area contributed by atoms with Gasteiger partial charge in [-0.3, -0.25) is 9.69 Å². The zero-order chi connectivity index (χ0) is 20.2. The van der Waals surface area contributed by atoms with Crippen molar-refractivity contribution < 1.29 is 14.3 Å². The number of morpholine rings is 1. The number of ketones is 1. The lowest BCUT2D eigenvalue weighted by molar-refractivity contribution is 0.00235. The molecule has 1 fully saturated rings. The molecule has 0 radical (unpaired) electrons. The monoisotopic (exact) mass is 406 g/mol. The maximum Gasteiger partial charge on any atom is 0.328 e. The maximum absolute atomic E-state index is 11.8. The van der Waals surface area contributed by atoms with Crippen LogP contribution in [0.2, 0.25) is 5.02 Å². The lowest BCUT2D eigenvalue weighted by Gasteiger charge is -2.27. The van der Waals surface area contributed by atoms with Crippen LogP contribution >= 0.6 is 11.6 Å². The number of halogens is 1. The minimum absolute atomic E-state index is 0.356. The summed E-state index contributed by atoms with van der Waals surface area (Å²) in [4.78, 5) is 21.8. The summed E-state index contributed by atoms with van der Waals surface area (Å²) in [6.07, 6.45) is 0.881. The highest BCUT2D eigenvalue weighted by atomic mass is 35.5. The van der Waals surface area contributed by atoms with Crippen molar-refractivity contribution in [3.8, 4) is 11.3 Å². The molecule has 1 saturated heterocycles. The second kappa shape index (κ2) is 8.64. The molecule has 0 atom stereocenters. The van der Waals surface area contributed by atoms with Crippen LogP contribution in [0, 0.1) is 0 Å². The summed E-state index contributed by atoms with van der Waals surface area (Å²) in [5.74, 6) is -0.356. The number of hydrogen-bond acceptors (Lipinski definition) is 4. The van der Waals surface area contributed by atoms with E-state index in [9.17, 15) is 4.79 Å². The molecule has 0 spiro atoms. The first kappa shape index (κ1) is 19.4. The Morgan fingerprint density at radius 3 is 2.66 bits per heavy atom. The third kappa shape index (κ3) is 4.42. The van der Waals surface area contributed by atoms with Crippen molar-refractivity contribution in [2.45, 2.75) is 6.54 Å². The van der Waals surface area contributed by atoms with Gasteiger partial charge in [-0.2, -0.15) is 4.79 Å². The topological polar surface area (TPSA) is 78.8 Å². The number of nitrogens with zero attached hydrogens (tertiary/aromatic N) is 4. The molecular weight excluding hydrogens is 388 g/mol. The molecule has 2 heterocycles. The van der Waals surface area contributed by atoms with Crippen molar-refractivity contribution in [1.29, 1.82) is 0 Å². The van der Waals surface area contributed by atoms with E-state index in [2.05, 4.69) is 15.8 Å². The number of pyridine rings is 1. The van der Waals surface area contributed by atoms with Gasteiger partial charge >= 0.3 is 6.21 Å². The summed E-state index contributed by atoms with van der Waals surface area (Å²) in [7, 11) is 0. The van der Waals surface area contributed by atoms with Crippen LogP contribution < -0.4 is 0 Å². The predicted molar refractivity (Wildman–Crippen MR) is 112 cm³/mol. The molecule has 3 aromatic rings. The minimum atomic E-state index is -0.356. The lowest BCUT2D eigenvalue weighted by atomic mass is 10.0. The van der Waals surface area contributed by atoms with Crippen molar-refractivity contribution in [3.05, 3.63) is 70.2 Å². The molecule has 4 rings (SSSR count). The van der Waals surface area contributed by atoms with Gasteiger partial charge in [0.2, 0.25) is 0 Å². The van der Waals surface area contributed by atoms with Gasteiger partial charge in [0.15, 0.2) is 0 Å². The molecule has 0 amide bonds. The number of rotatable bonds is 5. The Kier molecular flexibility index (Phi) is 5.79. The molecule has 0 saturated carbocycles. The molecule has 2 aromatic carbocycles. The fourth-order valence-corrected chi connectivity index (χ4v) is 3.65. The third-order valence-corrected chi connectivity index (χ3v) is 5.23. The number of aromatic nitrogens is 1. The second-order valence-electron chi connectivity index (χ2n) is 6.90. The maximum atomic E-state index is 11.8. The summed E-state index contributed by atoms with van der Waals surface area (Å²) in [5, 5.41) is 1.72. The van der Waals surface area contributed by atoms with Crippen molar-refractivity contribution in [1.82, 2.24) is 9.88 Å². The van der Waals surface area contributed by atoms with Crippen LogP contribution in [0.15, 0.2) is 48.5 Å². The first-order valence-electron chi connectivity index (χ1n) is 9.35. The smallest absolute Gasteiger partial charge is 0.328 e. The number of carbonyl (C=O) groups is 1. The van der Waals surface area contributed by atoms with Gasteiger partial charge in [0.05, 0.1) is 24.4 Å². The SMILES string of the molecule is [N-]=[N+]=CC(=O)c1ccc(-c2cc(CN3CCOCC3)c3ccc(Cl)cc3n2)cc1.